The Morgan fingerprint density at radius 1 is 1.23 bits per heavy atom. The van der Waals surface area contributed by atoms with Crippen LogP contribution in [0, 0.1) is 35.3 Å². The van der Waals surface area contributed by atoms with Crippen molar-refractivity contribution < 1.29 is 14.1 Å². The first kappa shape index (κ1) is 19.9. The largest absolute Gasteiger partial charge is 0.496 e. The van der Waals surface area contributed by atoms with Gasteiger partial charge in [-0.15, -0.1) is 0 Å². The number of benzene rings is 2. The Balaban J connectivity index is 1.70. The average molecular weight is 414 g/mol. The molecule has 1 N–H and O–H groups in total. The van der Waals surface area contributed by atoms with Crippen molar-refractivity contribution in [3.63, 3.8) is 0 Å². The summed E-state index contributed by atoms with van der Waals surface area (Å²) in [6.45, 7) is 4.04. The van der Waals surface area contributed by atoms with Crippen LogP contribution >= 0.6 is 0 Å². The minimum Gasteiger partial charge on any atom is -0.496 e. The van der Waals surface area contributed by atoms with Crippen LogP contribution in [0.3, 0.4) is 0 Å². The van der Waals surface area contributed by atoms with Crippen LogP contribution < -0.4 is 4.74 Å². The Hall–Kier alpha value is -4.38. The number of nitriles is 1. The van der Waals surface area contributed by atoms with Gasteiger partial charge >= 0.3 is 0 Å². The Morgan fingerprint density at radius 3 is 2.71 bits per heavy atom. The number of allylic oxidation sites excluding steroid dienone is 1. The number of aryl methyl sites for hydroxylation is 2. The SMILES string of the molecule is COc1cc([N+](=O)[O-])ccc1-c1ccc(C=C(C#N)c2nc3cc(C)c(C)cc3[nH]2)o1. The molecule has 0 radical (unpaired) electrons. The molecule has 8 nitrogen and oxygen atoms in total. The third-order valence-electron chi connectivity index (χ3n) is 5.05. The van der Waals surface area contributed by atoms with Gasteiger partial charge in [-0.05, 0) is 55.3 Å². The first-order chi connectivity index (χ1) is 14.9. The molecular formula is C23H18N4O4. The molecule has 2 heterocycles. The lowest BCUT2D eigenvalue weighted by molar-refractivity contribution is -0.384. The zero-order chi connectivity index (χ0) is 22.1. The Morgan fingerprint density at radius 2 is 2.00 bits per heavy atom. The van der Waals surface area contributed by atoms with E-state index in [1.807, 2.05) is 26.0 Å². The summed E-state index contributed by atoms with van der Waals surface area (Å²) in [4.78, 5) is 18.2. The van der Waals surface area contributed by atoms with Gasteiger partial charge in [0, 0.05) is 12.1 Å². The van der Waals surface area contributed by atoms with Crippen LogP contribution in [0.4, 0.5) is 5.69 Å². The Kier molecular flexibility index (Phi) is 5.01. The van der Waals surface area contributed by atoms with Crippen molar-refractivity contribution in [2.45, 2.75) is 13.8 Å². The maximum atomic E-state index is 11.0. The molecule has 4 aromatic rings. The number of methoxy groups -OCH3 is 1. The molecule has 0 aliphatic carbocycles. The van der Waals surface area contributed by atoms with E-state index in [4.69, 9.17) is 9.15 Å². The highest BCUT2D eigenvalue weighted by Crippen LogP contribution is 2.35. The van der Waals surface area contributed by atoms with E-state index in [-0.39, 0.29) is 5.69 Å². The van der Waals surface area contributed by atoms with Gasteiger partial charge in [0.2, 0.25) is 0 Å². The quantitative estimate of drug-likeness (QED) is 0.265. The summed E-state index contributed by atoms with van der Waals surface area (Å²) in [5.74, 6) is 1.68. The third kappa shape index (κ3) is 3.76. The highest BCUT2D eigenvalue weighted by molar-refractivity contribution is 5.90. The van der Waals surface area contributed by atoms with Crippen molar-refractivity contribution >= 4 is 28.4 Å². The van der Waals surface area contributed by atoms with E-state index in [1.54, 1.807) is 24.3 Å². The summed E-state index contributed by atoms with van der Waals surface area (Å²) in [7, 11) is 1.44. The average Bonchev–Trinajstić information content (AvgIpc) is 3.38. The summed E-state index contributed by atoms with van der Waals surface area (Å²) in [6.07, 6.45) is 1.60. The standard InChI is InChI=1S/C23H18N4O4/c1-13-8-19-20(9-14(13)2)26-23(25-19)15(12-24)10-17-5-7-21(31-17)18-6-4-16(27(28)29)11-22(18)30-3/h4-11H,1-3H3,(H,25,26). The van der Waals surface area contributed by atoms with Crippen LogP contribution in [0.1, 0.15) is 22.7 Å². The number of nitrogens with zero attached hydrogens (tertiary/aromatic N) is 3. The topological polar surface area (TPSA) is 118 Å². The van der Waals surface area contributed by atoms with Gasteiger partial charge in [0.1, 0.15) is 29.2 Å². The first-order valence-electron chi connectivity index (χ1n) is 9.41. The number of ether oxygens (including phenoxy) is 1. The van der Waals surface area contributed by atoms with E-state index in [0.717, 1.165) is 22.2 Å². The second kappa shape index (κ2) is 7.80. The van der Waals surface area contributed by atoms with Crippen molar-refractivity contribution in [1.29, 1.82) is 5.26 Å². The number of furan rings is 1. The molecule has 0 spiro atoms. The smallest absolute Gasteiger partial charge is 0.273 e. The molecule has 4 rings (SSSR count). The first-order valence-corrected chi connectivity index (χ1v) is 9.41. The highest BCUT2D eigenvalue weighted by atomic mass is 16.6. The second-order valence-electron chi connectivity index (χ2n) is 7.05. The van der Waals surface area contributed by atoms with Gasteiger partial charge in [0.15, 0.2) is 0 Å². The fourth-order valence-corrected chi connectivity index (χ4v) is 3.27. The third-order valence-corrected chi connectivity index (χ3v) is 5.05. The van der Waals surface area contributed by atoms with Crippen LogP contribution in [0.25, 0.3) is 34.0 Å². The molecule has 2 aromatic carbocycles. The number of rotatable bonds is 5. The number of nitro benzene ring substituents is 1. The van der Waals surface area contributed by atoms with Crippen molar-refractivity contribution in [2.75, 3.05) is 7.11 Å². The lowest BCUT2D eigenvalue weighted by Crippen LogP contribution is -1.92. The summed E-state index contributed by atoms with van der Waals surface area (Å²) in [5, 5.41) is 20.7. The van der Waals surface area contributed by atoms with Crippen molar-refractivity contribution in [2.24, 2.45) is 0 Å². The number of nitro groups is 1. The normalized spacial score (nSPS) is 11.5. The molecular weight excluding hydrogens is 396 g/mol. The molecule has 0 saturated carbocycles. The number of nitrogens with one attached hydrogen (secondary N) is 1. The lowest BCUT2D eigenvalue weighted by Gasteiger charge is -2.05. The van der Waals surface area contributed by atoms with Crippen LogP contribution in [-0.4, -0.2) is 22.0 Å². The van der Waals surface area contributed by atoms with E-state index in [1.165, 1.54) is 19.2 Å². The highest BCUT2D eigenvalue weighted by Gasteiger charge is 2.16. The van der Waals surface area contributed by atoms with Crippen molar-refractivity contribution in [1.82, 2.24) is 9.97 Å². The number of imidazole rings is 1. The molecule has 0 fully saturated rings. The predicted molar refractivity (Wildman–Crippen MR) is 116 cm³/mol. The minimum atomic E-state index is -0.488. The zero-order valence-corrected chi connectivity index (χ0v) is 17.1. The number of non-ortho nitro benzene ring substituents is 1. The van der Waals surface area contributed by atoms with Gasteiger partial charge in [-0.2, -0.15) is 5.26 Å². The fraction of sp³-hybridized carbons (Fsp3) is 0.130. The monoisotopic (exact) mass is 414 g/mol. The van der Waals surface area contributed by atoms with Gasteiger partial charge in [0.25, 0.3) is 5.69 Å². The molecule has 8 heteroatoms. The maximum Gasteiger partial charge on any atom is 0.273 e. The molecule has 31 heavy (non-hydrogen) atoms. The van der Waals surface area contributed by atoms with Crippen LogP contribution in [0.2, 0.25) is 0 Å². The summed E-state index contributed by atoms with van der Waals surface area (Å²) < 4.78 is 11.1. The molecule has 0 saturated heterocycles. The van der Waals surface area contributed by atoms with E-state index in [2.05, 4.69) is 16.0 Å². The second-order valence-corrected chi connectivity index (χ2v) is 7.05. The summed E-state index contributed by atoms with van der Waals surface area (Å²) in [6, 6.07) is 13.9. The number of hydrogen-bond donors (Lipinski definition) is 1. The van der Waals surface area contributed by atoms with Crippen molar-refractivity contribution in [3.05, 3.63) is 75.3 Å². The molecule has 154 valence electrons. The van der Waals surface area contributed by atoms with E-state index >= 15 is 0 Å². The van der Waals surface area contributed by atoms with Crippen LogP contribution in [0.15, 0.2) is 46.9 Å². The number of H-pyrrole nitrogens is 1. The number of aromatic nitrogens is 2. The molecule has 2 aromatic heterocycles. The molecule has 0 bridgehead atoms. The molecule has 0 aliphatic heterocycles. The zero-order valence-electron chi connectivity index (χ0n) is 17.1. The Labute approximate surface area is 177 Å². The van der Waals surface area contributed by atoms with E-state index in [0.29, 0.717) is 34.2 Å². The maximum absolute atomic E-state index is 11.0. The van der Waals surface area contributed by atoms with Gasteiger partial charge in [-0.1, -0.05) is 0 Å². The van der Waals surface area contributed by atoms with Gasteiger partial charge in [-0.25, -0.2) is 4.98 Å². The lowest BCUT2D eigenvalue weighted by atomic mass is 10.1. The van der Waals surface area contributed by atoms with Gasteiger partial charge < -0.3 is 14.1 Å². The molecule has 0 unspecified atom stereocenters. The molecule has 0 atom stereocenters. The number of aromatic amines is 1. The van der Waals surface area contributed by atoms with Crippen molar-refractivity contribution in [3.8, 4) is 23.1 Å². The summed E-state index contributed by atoms with van der Waals surface area (Å²) >= 11 is 0. The number of hydrogen-bond acceptors (Lipinski definition) is 6. The van der Waals surface area contributed by atoms with E-state index < -0.39 is 4.92 Å². The Bertz CT molecular complexity index is 1350. The van der Waals surface area contributed by atoms with Crippen LogP contribution in [-0.2, 0) is 0 Å². The van der Waals surface area contributed by atoms with Crippen LogP contribution in [0.5, 0.6) is 5.75 Å². The number of fused-ring (bicyclic) bond motifs is 1. The van der Waals surface area contributed by atoms with Gasteiger partial charge in [-0.3, -0.25) is 10.1 Å². The molecule has 0 aliphatic rings. The fourth-order valence-electron chi connectivity index (χ4n) is 3.27. The minimum absolute atomic E-state index is 0.0746. The predicted octanol–water partition coefficient (Wildman–Crippen LogP) is 5.42. The van der Waals surface area contributed by atoms with Gasteiger partial charge in [0.05, 0.1) is 40.3 Å². The van der Waals surface area contributed by atoms with E-state index in [9.17, 15) is 15.4 Å². The summed E-state index contributed by atoms with van der Waals surface area (Å²) in [5.41, 5.74) is 4.72. The molecule has 0 amide bonds.